The molecule has 0 unspecified atom stereocenters. The number of ether oxygens (including phenoxy) is 3. The lowest BCUT2D eigenvalue weighted by Crippen LogP contribution is -2.47. The Kier molecular flexibility index (Phi) is 4.10. The summed E-state index contributed by atoms with van der Waals surface area (Å²) < 4.78 is 16.5. The fraction of sp³-hybridized carbons (Fsp3) is 0.500. The third-order valence-electron chi connectivity index (χ3n) is 4.53. The van der Waals surface area contributed by atoms with Crippen molar-refractivity contribution in [2.24, 2.45) is 0 Å². The Morgan fingerprint density at radius 3 is 2.48 bits per heavy atom. The van der Waals surface area contributed by atoms with E-state index in [0.717, 1.165) is 5.75 Å². The first-order valence-electron chi connectivity index (χ1n) is 8.21. The number of likely N-dealkylation sites (tertiary alicyclic amines) is 1. The predicted octanol–water partition coefficient (Wildman–Crippen LogP) is 0.650. The maximum atomic E-state index is 12.6. The summed E-state index contributed by atoms with van der Waals surface area (Å²) in [4.78, 5) is 15.6. The summed E-state index contributed by atoms with van der Waals surface area (Å²) >= 11 is 0. The summed E-state index contributed by atoms with van der Waals surface area (Å²) in [5, 5.41) is 12.1. The van der Waals surface area contributed by atoms with Gasteiger partial charge in [-0.3, -0.25) is 4.79 Å². The number of hydrogen-bond acceptors (Lipinski definition) is 7. The van der Waals surface area contributed by atoms with Crippen molar-refractivity contribution in [3.8, 4) is 11.4 Å². The van der Waals surface area contributed by atoms with Gasteiger partial charge in [0.05, 0.1) is 26.0 Å². The van der Waals surface area contributed by atoms with Gasteiger partial charge in [-0.2, -0.15) is 0 Å². The molecule has 1 amide bonds. The van der Waals surface area contributed by atoms with Gasteiger partial charge in [-0.1, -0.05) is 0 Å². The predicted molar refractivity (Wildman–Crippen MR) is 85.5 cm³/mol. The molecule has 1 spiro atoms. The van der Waals surface area contributed by atoms with Gasteiger partial charge in [0, 0.05) is 25.9 Å². The quantitative estimate of drug-likeness (QED) is 0.806. The molecule has 0 atom stereocenters. The first kappa shape index (κ1) is 16.0. The van der Waals surface area contributed by atoms with Crippen LogP contribution in [0.2, 0.25) is 0 Å². The average Bonchev–Trinajstić information content (AvgIpc) is 3.32. The number of piperidine rings is 1. The molecular weight excluding hydrogens is 326 g/mol. The SMILES string of the molecule is COc1ccc(-n2nnc(C(=O)N3CCC4(CC3)OCCO4)n2)cc1. The molecule has 0 bridgehead atoms. The molecule has 2 aliphatic heterocycles. The second-order valence-electron chi connectivity index (χ2n) is 6.00. The molecule has 0 aliphatic carbocycles. The number of methoxy groups -OCH3 is 1. The molecule has 25 heavy (non-hydrogen) atoms. The van der Waals surface area contributed by atoms with Crippen molar-refractivity contribution in [3.63, 3.8) is 0 Å². The Balaban J connectivity index is 1.43. The van der Waals surface area contributed by atoms with Gasteiger partial charge in [0.25, 0.3) is 11.7 Å². The molecule has 3 heterocycles. The van der Waals surface area contributed by atoms with Crippen molar-refractivity contribution in [1.29, 1.82) is 0 Å². The number of benzene rings is 1. The number of tetrazole rings is 1. The van der Waals surface area contributed by atoms with Crippen LogP contribution in [-0.2, 0) is 9.47 Å². The Morgan fingerprint density at radius 2 is 1.84 bits per heavy atom. The molecule has 0 saturated carbocycles. The lowest BCUT2D eigenvalue weighted by Gasteiger charge is -2.37. The van der Waals surface area contributed by atoms with Crippen LogP contribution < -0.4 is 4.74 Å². The summed E-state index contributed by atoms with van der Waals surface area (Å²) in [7, 11) is 1.60. The molecule has 1 aromatic carbocycles. The number of hydrogen-bond donors (Lipinski definition) is 0. The van der Waals surface area contributed by atoms with Crippen LogP contribution in [0.1, 0.15) is 23.5 Å². The van der Waals surface area contributed by atoms with Crippen molar-refractivity contribution < 1.29 is 19.0 Å². The molecular formula is C16H19N5O4. The lowest BCUT2D eigenvalue weighted by molar-refractivity contribution is -0.181. The van der Waals surface area contributed by atoms with E-state index in [4.69, 9.17) is 14.2 Å². The molecule has 0 radical (unpaired) electrons. The van der Waals surface area contributed by atoms with E-state index in [0.29, 0.717) is 44.8 Å². The van der Waals surface area contributed by atoms with Crippen molar-refractivity contribution >= 4 is 5.91 Å². The molecule has 1 aromatic heterocycles. The summed E-state index contributed by atoms with van der Waals surface area (Å²) in [5.41, 5.74) is 0.706. The fourth-order valence-corrected chi connectivity index (χ4v) is 3.10. The molecule has 2 fully saturated rings. The minimum atomic E-state index is -0.509. The van der Waals surface area contributed by atoms with Gasteiger partial charge in [-0.15, -0.1) is 15.0 Å². The Labute approximate surface area is 144 Å². The van der Waals surface area contributed by atoms with Crippen LogP contribution >= 0.6 is 0 Å². The molecule has 0 N–H and O–H groups in total. The molecule has 2 aromatic rings. The first-order valence-corrected chi connectivity index (χ1v) is 8.21. The van der Waals surface area contributed by atoms with E-state index in [9.17, 15) is 4.79 Å². The van der Waals surface area contributed by atoms with Crippen LogP contribution in [0, 0.1) is 0 Å². The monoisotopic (exact) mass is 345 g/mol. The highest BCUT2D eigenvalue weighted by molar-refractivity contribution is 5.90. The summed E-state index contributed by atoms with van der Waals surface area (Å²) in [6.07, 6.45) is 1.32. The van der Waals surface area contributed by atoms with Gasteiger partial charge in [-0.25, -0.2) is 0 Å². The van der Waals surface area contributed by atoms with Crippen LogP contribution in [0.15, 0.2) is 24.3 Å². The number of aromatic nitrogens is 4. The zero-order chi connectivity index (χ0) is 17.3. The van der Waals surface area contributed by atoms with E-state index >= 15 is 0 Å². The normalized spacial score (nSPS) is 19.3. The third-order valence-corrected chi connectivity index (χ3v) is 4.53. The van der Waals surface area contributed by atoms with Crippen LogP contribution in [0.5, 0.6) is 5.75 Å². The number of carbonyl (C=O) groups is 1. The number of rotatable bonds is 3. The minimum Gasteiger partial charge on any atom is -0.497 e. The highest BCUT2D eigenvalue weighted by Gasteiger charge is 2.41. The summed E-state index contributed by atoms with van der Waals surface area (Å²) in [6, 6.07) is 7.19. The van der Waals surface area contributed by atoms with Crippen LogP contribution in [0.4, 0.5) is 0 Å². The summed E-state index contributed by atoms with van der Waals surface area (Å²) in [5.74, 6) is 0.0802. The molecule has 4 rings (SSSR count). The zero-order valence-corrected chi connectivity index (χ0v) is 13.9. The second kappa shape index (κ2) is 6.41. The van der Waals surface area contributed by atoms with E-state index in [1.807, 2.05) is 0 Å². The van der Waals surface area contributed by atoms with Crippen molar-refractivity contribution in [1.82, 2.24) is 25.1 Å². The van der Waals surface area contributed by atoms with Gasteiger partial charge in [0.1, 0.15) is 5.75 Å². The number of carbonyl (C=O) groups excluding carboxylic acids is 1. The van der Waals surface area contributed by atoms with Crippen LogP contribution in [-0.4, -0.2) is 70.2 Å². The van der Waals surface area contributed by atoms with Gasteiger partial charge >= 0.3 is 0 Å². The largest absolute Gasteiger partial charge is 0.497 e. The van der Waals surface area contributed by atoms with Gasteiger partial charge in [-0.05, 0) is 29.5 Å². The lowest BCUT2D eigenvalue weighted by atomic mass is 10.0. The van der Waals surface area contributed by atoms with Gasteiger partial charge < -0.3 is 19.1 Å². The average molecular weight is 345 g/mol. The number of amides is 1. The molecule has 9 nitrogen and oxygen atoms in total. The van der Waals surface area contributed by atoms with Crippen molar-refractivity contribution in [3.05, 3.63) is 30.1 Å². The highest BCUT2D eigenvalue weighted by Crippen LogP contribution is 2.31. The van der Waals surface area contributed by atoms with Crippen LogP contribution in [0.25, 0.3) is 5.69 Å². The maximum absolute atomic E-state index is 12.6. The Morgan fingerprint density at radius 1 is 1.16 bits per heavy atom. The van der Waals surface area contributed by atoms with Gasteiger partial charge in [0.2, 0.25) is 0 Å². The molecule has 132 valence electrons. The molecule has 9 heteroatoms. The Bertz CT molecular complexity index is 744. The second-order valence-corrected chi connectivity index (χ2v) is 6.00. The fourth-order valence-electron chi connectivity index (χ4n) is 3.10. The van der Waals surface area contributed by atoms with Gasteiger partial charge in [0.15, 0.2) is 5.79 Å². The molecule has 2 aliphatic rings. The van der Waals surface area contributed by atoms with E-state index in [1.54, 1.807) is 36.3 Å². The minimum absolute atomic E-state index is 0.0834. The van der Waals surface area contributed by atoms with E-state index < -0.39 is 5.79 Å². The van der Waals surface area contributed by atoms with Crippen molar-refractivity contribution in [2.45, 2.75) is 18.6 Å². The van der Waals surface area contributed by atoms with E-state index in [2.05, 4.69) is 15.4 Å². The summed E-state index contributed by atoms with van der Waals surface area (Å²) in [6.45, 7) is 2.34. The topological polar surface area (TPSA) is 91.6 Å². The third kappa shape index (κ3) is 3.08. The zero-order valence-electron chi connectivity index (χ0n) is 13.9. The molecule has 2 saturated heterocycles. The smallest absolute Gasteiger partial charge is 0.295 e. The van der Waals surface area contributed by atoms with Crippen molar-refractivity contribution in [2.75, 3.05) is 33.4 Å². The van der Waals surface area contributed by atoms with Crippen LogP contribution in [0.3, 0.4) is 0 Å². The van der Waals surface area contributed by atoms with E-state index in [-0.39, 0.29) is 11.7 Å². The highest BCUT2D eigenvalue weighted by atomic mass is 16.7. The van der Waals surface area contributed by atoms with E-state index in [1.165, 1.54) is 4.80 Å². The maximum Gasteiger partial charge on any atom is 0.295 e. The number of nitrogens with zero attached hydrogens (tertiary/aromatic N) is 5. The standard InChI is InChI=1S/C16H19N5O4/c1-23-13-4-2-12(3-5-13)21-18-14(17-19-21)15(22)20-8-6-16(7-9-20)24-10-11-25-16/h2-5H,6-11H2,1H3. The first-order chi connectivity index (χ1) is 12.2. The Hall–Kier alpha value is -2.52.